The van der Waals surface area contributed by atoms with Crippen molar-refractivity contribution in [2.45, 2.75) is 0 Å². The van der Waals surface area contributed by atoms with E-state index in [0.717, 1.165) is 12.1 Å². The summed E-state index contributed by atoms with van der Waals surface area (Å²) in [6, 6.07) is 7.05. The van der Waals surface area contributed by atoms with Gasteiger partial charge in [0.05, 0.1) is 20.5 Å². The van der Waals surface area contributed by atoms with E-state index in [1.165, 1.54) is 0 Å². The molecule has 0 bridgehead atoms. The van der Waals surface area contributed by atoms with Gasteiger partial charge in [0, 0.05) is 16.6 Å². The van der Waals surface area contributed by atoms with Gasteiger partial charge in [0.2, 0.25) is 0 Å². The summed E-state index contributed by atoms with van der Waals surface area (Å²) in [5.41, 5.74) is 0.0471. The molecule has 2 aromatic carbocycles. The van der Waals surface area contributed by atoms with Crippen LogP contribution in [0.1, 0.15) is 10.4 Å². The van der Waals surface area contributed by atoms with Crippen LogP contribution in [-0.4, -0.2) is 11.2 Å². The van der Waals surface area contributed by atoms with Crippen LogP contribution in [0, 0.1) is 10.1 Å². The molecule has 0 N–H and O–H groups in total. The average Bonchev–Trinajstić information content (AvgIpc) is 2.42. The Labute approximate surface area is 137 Å². The normalized spacial score (nSPS) is 10.2. The maximum atomic E-state index is 11.0. The van der Waals surface area contributed by atoms with Crippen molar-refractivity contribution in [2.75, 3.05) is 0 Å². The molecule has 8 heteroatoms. The summed E-state index contributed by atoms with van der Waals surface area (Å²) in [5.74, 6) is 0.280. The van der Waals surface area contributed by atoms with E-state index in [1.807, 2.05) is 0 Å². The van der Waals surface area contributed by atoms with Crippen LogP contribution < -0.4 is 4.74 Å². The molecule has 0 radical (unpaired) electrons. The van der Waals surface area contributed by atoms with Crippen LogP contribution in [0.4, 0.5) is 5.69 Å². The number of nitrogens with zero attached hydrogens (tertiary/aromatic N) is 1. The maximum Gasteiger partial charge on any atom is 0.272 e. The van der Waals surface area contributed by atoms with E-state index in [0.29, 0.717) is 16.3 Å². The van der Waals surface area contributed by atoms with Crippen molar-refractivity contribution in [3.8, 4) is 11.5 Å². The van der Waals surface area contributed by atoms with Crippen molar-refractivity contribution in [2.24, 2.45) is 0 Å². The third-order valence-electron chi connectivity index (χ3n) is 2.51. The van der Waals surface area contributed by atoms with E-state index >= 15 is 0 Å². The van der Waals surface area contributed by atoms with Crippen molar-refractivity contribution in [3.63, 3.8) is 0 Å². The van der Waals surface area contributed by atoms with Crippen LogP contribution in [-0.2, 0) is 0 Å². The Morgan fingerprint density at radius 1 is 1.19 bits per heavy atom. The maximum absolute atomic E-state index is 11.0. The number of hydrogen-bond donors (Lipinski definition) is 0. The summed E-state index contributed by atoms with van der Waals surface area (Å²) < 4.78 is 6.22. The predicted molar refractivity (Wildman–Crippen MR) is 82.7 cm³/mol. The molecule has 108 valence electrons. The number of ether oxygens (including phenoxy) is 1. The number of hydrogen-bond acceptors (Lipinski definition) is 4. The number of benzene rings is 2. The van der Waals surface area contributed by atoms with Gasteiger partial charge in [-0.05, 0) is 18.2 Å². The molecule has 0 aliphatic carbocycles. The first-order valence-electron chi connectivity index (χ1n) is 5.48. The predicted octanol–water partition coefficient (Wildman–Crippen LogP) is 5.27. The van der Waals surface area contributed by atoms with E-state index in [2.05, 4.69) is 15.9 Å². The monoisotopic (exact) mass is 389 g/mol. The lowest BCUT2D eigenvalue weighted by atomic mass is 10.2. The molecule has 5 nitrogen and oxygen atoms in total. The number of rotatable bonds is 4. The molecule has 0 spiro atoms. The second kappa shape index (κ2) is 6.43. The van der Waals surface area contributed by atoms with Gasteiger partial charge >= 0.3 is 0 Å². The van der Waals surface area contributed by atoms with Crippen LogP contribution >= 0.6 is 39.1 Å². The summed E-state index contributed by atoms with van der Waals surface area (Å²) in [4.78, 5) is 21.1. The first kappa shape index (κ1) is 15.8. The van der Waals surface area contributed by atoms with Gasteiger partial charge in [-0.3, -0.25) is 14.9 Å². The lowest BCUT2D eigenvalue weighted by Crippen LogP contribution is -1.94. The molecule has 0 atom stereocenters. The van der Waals surface area contributed by atoms with Gasteiger partial charge in [0.25, 0.3) is 5.69 Å². The third-order valence-corrected chi connectivity index (χ3v) is 3.56. The van der Waals surface area contributed by atoms with Gasteiger partial charge in [-0.2, -0.15) is 0 Å². The Kier molecular flexibility index (Phi) is 4.82. The van der Waals surface area contributed by atoms with Crippen molar-refractivity contribution in [1.29, 1.82) is 0 Å². The van der Waals surface area contributed by atoms with Crippen LogP contribution in [0.25, 0.3) is 0 Å². The van der Waals surface area contributed by atoms with E-state index in [1.54, 1.807) is 18.2 Å². The topological polar surface area (TPSA) is 69.4 Å². The van der Waals surface area contributed by atoms with Crippen LogP contribution in [0.3, 0.4) is 0 Å². The van der Waals surface area contributed by atoms with Crippen molar-refractivity contribution in [3.05, 3.63) is 60.5 Å². The van der Waals surface area contributed by atoms with Crippen molar-refractivity contribution >= 4 is 51.1 Å². The van der Waals surface area contributed by atoms with Gasteiger partial charge in [-0.25, -0.2) is 0 Å². The summed E-state index contributed by atoms with van der Waals surface area (Å²) in [7, 11) is 0. The first-order chi connectivity index (χ1) is 9.92. The molecule has 0 fully saturated rings. The number of carbonyl (C=O) groups excluding carboxylic acids is 1. The number of carbonyl (C=O) groups is 1. The Morgan fingerprint density at radius 2 is 1.81 bits per heavy atom. The second-order valence-corrected chi connectivity index (χ2v) is 5.63. The zero-order valence-electron chi connectivity index (χ0n) is 10.2. The third kappa shape index (κ3) is 3.53. The first-order valence-corrected chi connectivity index (χ1v) is 7.03. The van der Waals surface area contributed by atoms with E-state index in [-0.39, 0.29) is 27.2 Å². The fraction of sp³-hybridized carbons (Fsp3) is 0. The number of halogens is 3. The Bertz CT molecular complexity index is 713. The summed E-state index contributed by atoms with van der Waals surface area (Å²) in [6.45, 7) is 0. The lowest BCUT2D eigenvalue weighted by Gasteiger charge is -2.11. The Hall–Kier alpha value is -1.63. The molecular weight excluding hydrogens is 385 g/mol. The van der Waals surface area contributed by atoms with Crippen LogP contribution in [0.5, 0.6) is 11.5 Å². The lowest BCUT2D eigenvalue weighted by molar-refractivity contribution is -0.384. The average molecular weight is 391 g/mol. The summed E-state index contributed by atoms with van der Waals surface area (Å²) >= 11 is 15.2. The standard InChI is InChI=1S/C13H6BrCl2NO4/c14-8-2-1-7(6-18)12(3-8)21-13-10(15)4-9(17(19)20)5-11(13)16/h1-6H. The zero-order valence-corrected chi connectivity index (χ0v) is 13.3. The molecule has 0 saturated carbocycles. The van der Waals surface area contributed by atoms with Crippen LogP contribution in [0.2, 0.25) is 10.0 Å². The molecule has 0 aliphatic rings. The van der Waals surface area contributed by atoms with Gasteiger partial charge in [0.15, 0.2) is 12.0 Å². The van der Waals surface area contributed by atoms with Crippen LogP contribution in [0.15, 0.2) is 34.8 Å². The fourth-order valence-electron chi connectivity index (χ4n) is 1.55. The highest BCUT2D eigenvalue weighted by molar-refractivity contribution is 9.10. The molecular formula is C13H6BrCl2NO4. The SMILES string of the molecule is O=Cc1ccc(Br)cc1Oc1c(Cl)cc([N+](=O)[O-])cc1Cl. The molecule has 0 aliphatic heterocycles. The summed E-state index contributed by atoms with van der Waals surface area (Å²) in [5, 5.41) is 10.7. The van der Waals surface area contributed by atoms with Crippen molar-refractivity contribution < 1.29 is 14.5 Å². The van der Waals surface area contributed by atoms with E-state index < -0.39 is 4.92 Å². The highest BCUT2D eigenvalue weighted by atomic mass is 79.9. The van der Waals surface area contributed by atoms with E-state index in [9.17, 15) is 14.9 Å². The molecule has 0 amide bonds. The molecule has 2 rings (SSSR count). The number of non-ortho nitro benzene ring substituents is 1. The van der Waals surface area contributed by atoms with Crippen molar-refractivity contribution in [1.82, 2.24) is 0 Å². The summed E-state index contributed by atoms with van der Waals surface area (Å²) in [6.07, 6.45) is 0.620. The second-order valence-electron chi connectivity index (χ2n) is 3.90. The smallest absolute Gasteiger partial charge is 0.272 e. The van der Waals surface area contributed by atoms with Gasteiger partial charge in [0.1, 0.15) is 5.75 Å². The van der Waals surface area contributed by atoms with Gasteiger partial charge in [-0.1, -0.05) is 39.1 Å². The van der Waals surface area contributed by atoms with Gasteiger partial charge < -0.3 is 4.74 Å². The zero-order chi connectivity index (χ0) is 15.6. The molecule has 0 heterocycles. The van der Waals surface area contributed by atoms with E-state index in [4.69, 9.17) is 27.9 Å². The van der Waals surface area contributed by atoms with Gasteiger partial charge in [-0.15, -0.1) is 0 Å². The fourth-order valence-corrected chi connectivity index (χ4v) is 2.45. The molecule has 0 unspecified atom stereocenters. The number of aldehydes is 1. The largest absolute Gasteiger partial charge is 0.453 e. The Balaban J connectivity index is 2.47. The number of nitro benzene ring substituents is 1. The highest BCUT2D eigenvalue weighted by Gasteiger charge is 2.17. The molecule has 0 saturated heterocycles. The molecule has 21 heavy (non-hydrogen) atoms. The molecule has 2 aromatic rings. The quantitative estimate of drug-likeness (QED) is 0.405. The highest BCUT2D eigenvalue weighted by Crippen LogP contribution is 2.40. The minimum Gasteiger partial charge on any atom is -0.453 e. The minimum atomic E-state index is -0.614. The number of nitro groups is 1. The molecule has 0 aromatic heterocycles. The Morgan fingerprint density at radius 3 is 2.33 bits per heavy atom. The minimum absolute atomic E-state index is 0.0222.